The fourth-order valence-corrected chi connectivity index (χ4v) is 3.42. The smallest absolute Gasteiger partial charge is 0.150 e. The van der Waals surface area contributed by atoms with Crippen LogP contribution in [0, 0.1) is 0 Å². The molecule has 0 N–H and O–H groups in total. The van der Waals surface area contributed by atoms with Gasteiger partial charge in [-0.05, 0) is 24.3 Å². The molecule has 2 nitrogen and oxygen atoms in total. The van der Waals surface area contributed by atoms with Gasteiger partial charge in [0.1, 0.15) is 5.82 Å². The van der Waals surface area contributed by atoms with Crippen LogP contribution in [-0.2, 0) is 0 Å². The largest absolute Gasteiger partial charge is 0.232 e. The fraction of sp³-hybridized carbons (Fsp3) is 0.500. The molecule has 0 saturated heterocycles. The standard InChI is InChI=1S/C12H13ClN2S/c13-11-10-9(6-7-16-10)14-12(15-11)8-4-2-1-3-5-8/h6-8H,1-5H2. The molecule has 0 spiro atoms. The van der Waals surface area contributed by atoms with Crippen LogP contribution in [0.15, 0.2) is 11.4 Å². The second-order valence-corrected chi connectivity index (χ2v) is 5.62. The van der Waals surface area contributed by atoms with Crippen LogP contribution in [-0.4, -0.2) is 9.97 Å². The van der Waals surface area contributed by atoms with Crippen molar-refractivity contribution in [2.24, 2.45) is 0 Å². The summed E-state index contributed by atoms with van der Waals surface area (Å²) in [7, 11) is 0. The Kier molecular flexibility index (Phi) is 2.82. The van der Waals surface area contributed by atoms with Crippen LogP contribution < -0.4 is 0 Å². The average Bonchev–Trinajstić information content (AvgIpc) is 2.79. The number of hydrogen-bond acceptors (Lipinski definition) is 3. The molecule has 2 aromatic rings. The number of nitrogens with zero attached hydrogens (tertiary/aromatic N) is 2. The zero-order valence-corrected chi connectivity index (χ0v) is 10.5. The second-order valence-electron chi connectivity index (χ2n) is 4.34. The summed E-state index contributed by atoms with van der Waals surface area (Å²) in [5.41, 5.74) is 1.01. The van der Waals surface area contributed by atoms with E-state index in [4.69, 9.17) is 11.6 Å². The van der Waals surface area contributed by atoms with E-state index in [2.05, 4.69) is 9.97 Å². The third kappa shape index (κ3) is 1.82. The van der Waals surface area contributed by atoms with Gasteiger partial charge in [-0.15, -0.1) is 11.3 Å². The van der Waals surface area contributed by atoms with E-state index in [1.807, 2.05) is 11.4 Å². The van der Waals surface area contributed by atoms with E-state index in [9.17, 15) is 0 Å². The first-order valence-electron chi connectivity index (χ1n) is 5.75. The van der Waals surface area contributed by atoms with Gasteiger partial charge in [0.2, 0.25) is 0 Å². The maximum Gasteiger partial charge on any atom is 0.150 e. The van der Waals surface area contributed by atoms with Gasteiger partial charge in [0.25, 0.3) is 0 Å². The molecule has 84 valence electrons. The molecule has 0 radical (unpaired) electrons. The van der Waals surface area contributed by atoms with Crippen molar-refractivity contribution in [2.75, 3.05) is 0 Å². The maximum atomic E-state index is 6.18. The Bertz CT molecular complexity index is 503. The van der Waals surface area contributed by atoms with Crippen molar-refractivity contribution in [1.29, 1.82) is 0 Å². The molecule has 1 fully saturated rings. The van der Waals surface area contributed by atoms with E-state index in [1.54, 1.807) is 11.3 Å². The van der Waals surface area contributed by atoms with E-state index in [0.717, 1.165) is 16.0 Å². The predicted octanol–water partition coefficient (Wildman–Crippen LogP) is 4.39. The van der Waals surface area contributed by atoms with Gasteiger partial charge >= 0.3 is 0 Å². The minimum Gasteiger partial charge on any atom is -0.232 e. The number of hydrogen-bond donors (Lipinski definition) is 0. The summed E-state index contributed by atoms with van der Waals surface area (Å²) in [5, 5.41) is 2.65. The van der Waals surface area contributed by atoms with Crippen LogP contribution in [0.2, 0.25) is 5.15 Å². The van der Waals surface area contributed by atoms with Crippen LogP contribution in [0.25, 0.3) is 10.2 Å². The molecule has 0 aromatic carbocycles. The monoisotopic (exact) mass is 252 g/mol. The van der Waals surface area contributed by atoms with Gasteiger partial charge < -0.3 is 0 Å². The van der Waals surface area contributed by atoms with Crippen molar-refractivity contribution < 1.29 is 0 Å². The maximum absolute atomic E-state index is 6.18. The Morgan fingerprint density at radius 1 is 1.19 bits per heavy atom. The third-order valence-electron chi connectivity index (χ3n) is 3.25. The molecule has 2 aromatic heterocycles. The normalized spacial score (nSPS) is 18.1. The minimum atomic E-state index is 0.524. The molecule has 16 heavy (non-hydrogen) atoms. The van der Waals surface area contributed by atoms with Crippen LogP contribution >= 0.6 is 22.9 Å². The lowest BCUT2D eigenvalue weighted by Crippen LogP contribution is -2.08. The van der Waals surface area contributed by atoms with Crippen molar-refractivity contribution in [1.82, 2.24) is 9.97 Å². The molecule has 2 heterocycles. The molecule has 0 amide bonds. The van der Waals surface area contributed by atoms with Crippen LogP contribution in [0.5, 0.6) is 0 Å². The van der Waals surface area contributed by atoms with Crippen LogP contribution in [0.1, 0.15) is 43.8 Å². The minimum absolute atomic E-state index is 0.524. The third-order valence-corrected chi connectivity index (χ3v) is 4.55. The topological polar surface area (TPSA) is 25.8 Å². The van der Waals surface area contributed by atoms with Gasteiger partial charge in [0.05, 0.1) is 10.2 Å². The average molecular weight is 253 g/mol. The number of rotatable bonds is 1. The summed E-state index contributed by atoms with van der Waals surface area (Å²) in [6.07, 6.45) is 6.38. The molecule has 0 unspecified atom stereocenters. The highest BCUT2D eigenvalue weighted by molar-refractivity contribution is 7.17. The number of fused-ring (bicyclic) bond motifs is 1. The molecule has 1 aliphatic carbocycles. The summed E-state index contributed by atoms with van der Waals surface area (Å²) < 4.78 is 1.02. The van der Waals surface area contributed by atoms with Crippen molar-refractivity contribution in [2.45, 2.75) is 38.0 Å². The zero-order valence-electron chi connectivity index (χ0n) is 8.95. The second kappa shape index (κ2) is 4.30. The number of aromatic nitrogens is 2. The van der Waals surface area contributed by atoms with Gasteiger partial charge in [-0.1, -0.05) is 30.9 Å². The highest BCUT2D eigenvalue weighted by Crippen LogP contribution is 2.33. The van der Waals surface area contributed by atoms with Crippen molar-refractivity contribution >= 4 is 33.2 Å². The lowest BCUT2D eigenvalue weighted by molar-refractivity contribution is 0.429. The van der Waals surface area contributed by atoms with Crippen molar-refractivity contribution in [3.8, 4) is 0 Å². The first kappa shape index (κ1) is 10.5. The van der Waals surface area contributed by atoms with E-state index in [1.165, 1.54) is 32.1 Å². The van der Waals surface area contributed by atoms with E-state index >= 15 is 0 Å². The molecule has 0 bridgehead atoms. The predicted molar refractivity (Wildman–Crippen MR) is 68.3 cm³/mol. The lowest BCUT2D eigenvalue weighted by Gasteiger charge is -2.20. The van der Waals surface area contributed by atoms with Gasteiger partial charge in [0.15, 0.2) is 5.15 Å². The van der Waals surface area contributed by atoms with Gasteiger partial charge in [0, 0.05) is 5.92 Å². The Balaban J connectivity index is 2.02. The van der Waals surface area contributed by atoms with Crippen LogP contribution in [0.3, 0.4) is 0 Å². The number of halogens is 1. The van der Waals surface area contributed by atoms with Gasteiger partial charge in [-0.2, -0.15) is 0 Å². The molecule has 3 rings (SSSR count). The molecular formula is C12H13ClN2S. The van der Waals surface area contributed by atoms with Gasteiger partial charge in [-0.3, -0.25) is 0 Å². The van der Waals surface area contributed by atoms with Crippen LogP contribution in [0.4, 0.5) is 0 Å². The SMILES string of the molecule is Clc1nc(C2CCCCC2)nc2ccsc12. The lowest BCUT2D eigenvalue weighted by atomic mass is 9.89. The molecule has 0 aliphatic heterocycles. The summed E-state index contributed by atoms with van der Waals surface area (Å²) in [6.45, 7) is 0. The summed E-state index contributed by atoms with van der Waals surface area (Å²) in [4.78, 5) is 9.10. The van der Waals surface area contributed by atoms with E-state index in [-0.39, 0.29) is 0 Å². The Hall–Kier alpha value is -0.670. The summed E-state index contributed by atoms with van der Waals surface area (Å²) in [5.74, 6) is 1.48. The fourth-order valence-electron chi connectivity index (χ4n) is 2.39. The molecule has 1 aliphatic rings. The van der Waals surface area contributed by atoms with E-state index < -0.39 is 0 Å². The Morgan fingerprint density at radius 3 is 2.81 bits per heavy atom. The zero-order chi connectivity index (χ0) is 11.0. The quantitative estimate of drug-likeness (QED) is 0.704. The number of thiophene rings is 1. The molecule has 1 saturated carbocycles. The summed E-state index contributed by atoms with van der Waals surface area (Å²) >= 11 is 7.79. The van der Waals surface area contributed by atoms with Gasteiger partial charge in [-0.25, -0.2) is 9.97 Å². The first-order chi connectivity index (χ1) is 7.84. The molecule has 4 heteroatoms. The summed E-state index contributed by atoms with van der Waals surface area (Å²) in [6, 6.07) is 2.03. The molecular weight excluding hydrogens is 240 g/mol. The first-order valence-corrected chi connectivity index (χ1v) is 7.01. The van der Waals surface area contributed by atoms with Crippen molar-refractivity contribution in [3.05, 3.63) is 22.4 Å². The van der Waals surface area contributed by atoms with E-state index in [0.29, 0.717) is 11.1 Å². The highest BCUT2D eigenvalue weighted by Gasteiger charge is 2.19. The van der Waals surface area contributed by atoms with Crippen molar-refractivity contribution in [3.63, 3.8) is 0 Å². The highest BCUT2D eigenvalue weighted by atomic mass is 35.5. The Labute approximate surface area is 104 Å². The Morgan fingerprint density at radius 2 is 2.00 bits per heavy atom. The molecule has 0 atom stereocenters.